The quantitative estimate of drug-likeness (QED) is 0.560. The Morgan fingerprint density at radius 1 is 1.17 bits per heavy atom. The zero-order valence-electron chi connectivity index (χ0n) is 16.2. The summed E-state index contributed by atoms with van der Waals surface area (Å²) in [5, 5.41) is 14.0. The van der Waals surface area contributed by atoms with E-state index in [0.29, 0.717) is 28.5 Å². The molecule has 2 aliphatic heterocycles. The number of rotatable bonds is 4. The Hall–Kier alpha value is -3.01. The Morgan fingerprint density at radius 3 is 2.87 bits per heavy atom. The highest BCUT2D eigenvalue weighted by atomic mass is 19.1. The fraction of sp³-hybridized carbons (Fsp3) is 0.333. The molecule has 4 atom stereocenters. The number of anilines is 3. The molecule has 5 rings (SSSR count). The van der Waals surface area contributed by atoms with Gasteiger partial charge in [0, 0.05) is 17.1 Å². The lowest BCUT2D eigenvalue weighted by molar-refractivity contribution is 0.00871. The molecule has 0 spiro atoms. The third-order valence-corrected chi connectivity index (χ3v) is 5.41. The molecule has 156 valence electrons. The monoisotopic (exact) mass is 412 g/mol. The number of hydrogen-bond acceptors (Lipinski definition) is 8. The number of nitrogens with two attached hydrogens (primary N) is 1. The van der Waals surface area contributed by atoms with E-state index in [0.717, 1.165) is 10.9 Å². The fourth-order valence-electron chi connectivity index (χ4n) is 4.05. The molecule has 3 heterocycles. The molecular weight excluding hydrogens is 391 g/mol. The van der Waals surface area contributed by atoms with Crippen molar-refractivity contribution in [1.29, 1.82) is 0 Å². The molecule has 1 aromatic heterocycles. The summed E-state index contributed by atoms with van der Waals surface area (Å²) in [5.41, 5.74) is 8.70. The molecule has 2 fully saturated rings. The first-order valence-corrected chi connectivity index (χ1v) is 9.65. The number of aromatic nitrogens is 2. The number of fused-ring (bicyclic) bond motifs is 2. The molecule has 2 aromatic carbocycles. The van der Waals surface area contributed by atoms with E-state index < -0.39 is 30.2 Å². The Bertz CT molecular complexity index is 1110. The smallest absolute Gasteiger partial charge is 0.151 e. The number of aliphatic hydroxyl groups is 1. The number of nitrogens with zero attached hydrogens (tertiary/aromatic N) is 2. The molecule has 8 nitrogen and oxygen atoms in total. The second-order valence-electron chi connectivity index (χ2n) is 7.54. The summed E-state index contributed by atoms with van der Waals surface area (Å²) in [6.07, 6.45) is -0.536. The summed E-state index contributed by atoms with van der Waals surface area (Å²) < 4.78 is 31.3. The first kappa shape index (κ1) is 19.0. The third-order valence-electron chi connectivity index (χ3n) is 5.41. The van der Waals surface area contributed by atoms with Crippen LogP contribution in [0.2, 0.25) is 0 Å². The summed E-state index contributed by atoms with van der Waals surface area (Å²) in [6, 6.07) is 7.85. The summed E-state index contributed by atoms with van der Waals surface area (Å²) in [4.78, 5) is 8.65. The van der Waals surface area contributed by atoms with Gasteiger partial charge in [0.2, 0.25) is 0 Å². The highest BCUT2D eigenvalue weighted by molar-refractivity contribution is 5.95. The minimum atomic E-state index is -0.684. The minimum absolute atomic E-state index is 0.193. The van der Waals surface area contributed by atoms with Crippen molar-refractivity contribution >= 4 is 28.1 Å². The van der Waals surface area contributed by atoms with Crippen LogP contribution in [0.3, 0.4) is 0 Å². The highest BCUT2D eigenvalue weighted by Gasteiger charge is 2.48. The van der Waals surface area contributed by atoms with Crippen molar-refractivity contribution in [2.75, 3.05) is 24.3 Å². The van der Waals surface area contributed by atoms with E-state index in [1.54, 1.807) is 12.1 Å². The molecular formula is C21H21FN4O4. The molecule has 2 aliphatic rings. The number of hydrogen-bond donors (Lipinski definition) is 3. The predicted molar refractivity (Wildman–Crippen MR) is 108 cm³/mol. The molecule has 0 amide bonds. The average molecular weight is 412 g/mol. The number of nitrogens with one attached hydrogen (secondary N) is 1. The second-order valence-corrected chi connectivity index (χ2v) is 7.54. The summed E-state index contributed by atoms with van der Waals surface area (Å²) in [7, 11) is 0. The Balaban J connectivity index is 1.47. The van der Waals surface area contributed by atoms with E-state index in [4.69, 9.17) is 19.9 Å². The lowest BCUT2D eigenvalue weighted by atomic mass is 10.1. The van der Waals surface area contributed by atoms with Crippen molar-refractivity contribution in [3.63, 3.8) is 0 Å². The van der Waals surface area contributed by atoms with E-state index in [1.807, 2.05) is 13.0 Å². The zero-order chi connectivity index (χ0) is 20.8. The zero-order valence-corrected chi connectivity index (χ0v) is 16.2. The van der Waals surface area contributed by atoms with E-state index in [-0.39, 0.29) is 13.2 Å². The van der Waals surface area contributed by atoms with Crippen LogP contribution in [0, 0.1) is 12.7 Å². The third kappa shape index (κ3) is 3.30. The van der Waals surface area contributed by atoms with Crippen molar-refractivity contribution in [2.24, 2.45) is 0 Å². The van der Waals surface area contributed by atoms with E-state index >= 15 is 0 Å². The highest BCUT2D eigenvalue weighted by Crippen LogP contribution is 2.36. The number of benzene rings is 2. The van der Waals surface area contributed by atoms with Crippen LogP contribution in [0.25, 0.3) is 10.9 Å². The Labute approximate surface area is 171 Å². The summed E-state index contributed by atoms with van der Waals surface area (Å²) in [5.74, 6) is 0.422. The van der Waals surface area contributed by atoms with Gasteiger partial charge in [-0.25, -0.2) is 14.4 Å². The lowest BCUT2D eigenvalue weighted by Gasteiger charge is -2.21. The average Bonchev–Trinajstić information content (AvgIpc) is 3.27. The Kier molecular flexibility index (Phi) is 4.65. The van der Waals surface area contributed by atoms with Crippen molar-refractivity contribution in [3.8, 4) is 5.75 Å². The van der Waals surface area contributed by atoms with E-state index in [1.165, 1.54) is 18.5 Å². The first-order valence-electron chi connectivity index (χ1n) is 9.65. The maximum absolute atomic E-state index is 14.0. The SMILES string of the molecule is Cc1cc(N)cc2ncnc(Nc3ccc(F)cc3O[C@@H]3COC4C3OC[C@H]4O)c12. The van der Waals surface area contributed by atoms with Gasteiger partial charge in [-0.05, 0) is 36.8 Å². The number of aliphatic hydroxyl groups excluding tert-OH is 1. The van der Waals surface area contributed by atoms with Crippen LogP contribution in [0.1, 0.15) is 5.56 Å². The van der Waals surface area contributed by atoms with Gasteiger partial charge in [0.05, 0.1) is 24.4 Å². The molecule has 2 unspecified atom stereocenters. The molecule has 9 heteroatoms. The van der Waals surface area contributed by atoms with Crippen LogP contribution in [0.15, 0.2) is 36.7 Å². The van der Waals surface area contributed by atoms with Gasteiger partial charge in [-0.1, -0.05) is 0 Å². The fourth-order valence-corrected chi connectivity index (χ4v) is 4.05. The first-order chi connectivity index (χ1) is 14.5. The molecule has 4 N–H and O–H groups in total. The molecule has 0 radical (unpaired) electrons. The summed E-state index contributed by atoms with van der Waals surface area (Å²) >= 11 is 0. The number of nitrogen functional groups attached to an aromatic ring is 1. The molecule has 30 heavy (non-hydrogen) atoms. The maximum Gasteiger partial charge on any atom is 0.151 e. The van der Waals surface area contributed by atoms with Gasteiger partial charge >= 0.3 is 0 Å². The van der Waals surface area contributed by atoms with Crippen LogP contribution < -0.4 is 15.8 Å². The molecule has 2 saturated heterocycles. The number of halogens is 1. The van der Waals surface area contributed by atoms with Crippen LogP contribution in [0.5, 0.6) is 5.75 Å². The minimum Gasteiger partial charge on any atom is -0.483 e. The number of ether oxygens (including phenoxy) is 3. The van der Waals surface area contributed by atoms with Gasteiger partial charge in [-0.2, -0.15) is 0 Å². The largest absolute Gasteiger partial charge is 0.483 e. The predicted octanol–water partition coefficient (Wildman–Crippen LogP) is 2.31. The number of aryl methyl sites for hydroxylation is 1. The van der Waals surface area contributed by atoms with Gasteiger partial charge in [0.25, 0.3) is 0 Å². The van der Waals surface area contributed by atoms with Crippen molar-refractivity contribution in [2.45, 2.75) is 31.3 Å². The van der Waals surface area contributed by atoms with E-state index in [9.17, 15) is 9.50 Å². The normalized spacial score (nSPS) is 25.4. The molecule has 0 saturated carbocycles. The molecule has 3 aromatic rings. The molecule has 0 aliphatic carbocycles. The van der Waals surface area contributed by atoms with Gasteiger partial charge in [0.15, 0.2) is 6.10 Å². The van der Waals surface area contributed by atoms with Gasteiger partial charge < -0.3 is 30.4 Å². The van der Waals surface area contributed by atoms with Gasteiger partial charge in [0.1, 0.15) is 42.0 Å². The standard InChI is InChI=1S/C21H21FN4O4/c1-10-4-12(23)6-14-18(10)21(25-9-24-14)26-13-3-2-11(22)5-16(13)30-17-8-29-19-15(27)7-28-20(17)19/h2-6,9,15,17,19-20,27H,7-8,23H2,1H3,(H,24,25,26)/t15-,17-,19?,20?/m1/s1. The van der Waals surface area contributed by atoms with Crippen LogP contribution in [0.4, 0.5) is 21.6 Å². The van der Waals surface area contributed by atoms with Crippen molar-refractivity contribution in [3.05, 3.63) is 48.0 Å². The van der Waals surface area contributed by atoms with Crippen LogP contribution in [-0.4, -0.2) is 52.7 Å². The second kappa shape index (κ2) is 7.35. The van der Waals surface area contributed by atoms with Gasteiger partial charge in [-0.3, -0.25) is 0 Å². The van der Waals surface area contributed by atoms with Gasteiger partial charge in [-0.15, -0.1) is 0 Å². The topological polar surface area (TPSA) is 112 Å². The van der Waals surface area contributed by atoms with E-state index in [2.05, 4.69) is 15.3 Å². The Morgan fingerprint density at radius 2 is 2.00 bits per heavy atom. The van der Waals surface area contributed by atoms with Crippen molar-refractivity contribution < 1.29 is 23.7 Å². The van der Waals surface area contributed by atoms with Crippen LogP contribution >= 0.6 is 0 Å². The molecule has 0 bridgehead atoms. The van der Waals surface area contributed by atoms with Crippen molar-refractivity contribution in [1.82, 2.24) is 9.97 Å². The lowest BCUT2D eigenvalue weighted by Crippen LogP contribution is -2.34. The summed E-state index contributed by atoms with van der Waals surface area (Å²) in [6.45, 7) is 2.37. The maximum atomic E-state index is 14.0. The van der Waals surface area contributed by atoms with Crippen LogP contribution in [-0.2, 0) is 9.47 Å².